The number of nitrogens with zero attached hydrogens (tertiary/aromatic N) is 1. The fourth-order valence-corrected chi connectivity index (χ4v) is 4.35. The van der Waals surface area contributed by atoms with Crippen molar-refractivity contribution in [1.29, 1.82) is 0 Å². The fraction of sp³-hybridized carbons (Fsp3) is 0.538. The van der Waals surface area contributed by atoms with Gasteiger partial charge in [0.25, 0.3) is 0 Å². The summed E-state index contributed by atoms with van der Waals surface area (Å²) in [5.41, 5.74) is 1.49. The van der Waals surface area contributed by atoms with E-state index in [4.69, 9.17) is 4.74 Å². The molecule has 1 fully saturated rings. The van der Waals surface area contributed by atoms with Crippen molar-refractivity contribution in [2.24, 2.45) is 5.92 Å². The van der Waals surface area contributed by atoms with Crippen LogP contribution in [-0.4, -0.2) is 42.9 Å². The van der Waals surface area contributed by atoms with Crippen molar-refractivity contribution in [3.63, 3.8) is 0 Å². The summed E-state index contributed by atoms with van der Waals surface area (Å²) in [6, 6.07) is 14.1. The molecule has 200 valence electrons. The number of hydrogen-bond donors (Lipinski definition) is 1. The molecular weight excluding hydrogens is 488 g/mol. The number of aliphatic hydroxyl groups is 1. The number of benzene rings is 2. The van der Waals surface area contributed by atoms with E-state index in [0.29, 0.717) is 30.0 Å². The smallest absolute Gasteiger partial charge is 0.457 e. The SMILES string of the molecule is CC(C)c1cccc(Oc2cccc(N(CC3CCC(OC(F)(F)F)CC3)CC(O)C(F)(F)F)c2)c1. The molecular formula is C26H31F6NO3. The molecule has 2 aromatic rings. The summed E-state index contributed by atoms with van der Waals surface area (Å²) in [5.74, 6) is 1.15. The molecule has 4 nitrogen and oxygen atoms in total. The highest BCUT2D eigenvalue weighted by atomic mass is 19.4. The van der Waals surface area contributed by atoms with Crippen molar-refractivity contribution < 1.29 is 40.9 Å². The molecule has 1 unspecified atom stereocenters. The van der Waals surface area contributed by atoms with Crippen LogP contribution < -0.4 is 9.64 Å². The summed E-state index contributed by atoms with van der Waals surface area (Å²) in [5, 5.41) is 9.76. The van der Waals surface area contributed by atoms with Gasteiger partial charge in [-0.3, -0.25) is 4.74 Å². The highest BCUT2D eigenvalue weighted by molar-refractivity contribution is 5.52. The Kier molecular flexibility index (Phi) is 9.16. The van der Waals surface area contributed by atoms with Gasteiger partial charge in [-0.25, -0.2) is 0 Å². The lowest BCUT2D eigenvalue weighted by Crippen LogP contribution is -2.43. The van der Waals surface area contributed by atoms with E-state index < -0.39 is 31.3 Å². The van der Waals surface area contributed by atoms with Crippen molar-refractivity contribution in [3.8, 4) is 11.5 Å². The predicted molar refractivity (Wildman–Crippen MR) is 124 cm³/mol. The average molecular weight is 520 g/mol. The minimum absolute atomic E-state index is 0.147. The highest BCUT2D eigenvalue weighted by Gasteiger charge is 2.40. The maximum absolute atomic E-state index is 13.2. The number of aliphatic hydroxyl groups excluding tert-OH is 1. The van der Waals surface area contributed by atoms with Gasteiger partial charge in [-0.15, -0.1) is 13.2 Å². The van der Waals surface area contributed by atoms with Gasteiger partial charge in [0, 0.05) is 18.3 Å². The van der Waals surface area contributed by atoms with Crippen molar-refractivity contribution >= 4 is 5.69 Å². The minimum Gasteiger partial charge on any atom is -0.457 e. The Labute approximate surface area is 206 Å². The Balaban J connectivity index is 1.75. The number of rotatable bonds is 9. The van der Waals surface area contributed by atoms with Crippen LogP contribution >= 0.6 is 0 Å². The number of alkyl halides is 6. The third-order valence-electron chi connectivity index (χ3n) is 6.29. The molecule has 1 atom stereocenters. The summed E-state index contributed by atoms with van der Waals surface area (Å²) in [6.45, 7) is 3.55. The van der Waals surface area contributed by atoms with E-state index >= 15 is 0 Å². The van der Waals surface area contributed by atoms with Crippen molar-refractivity contribution in [2.75, 3.05) is 18.0 Å². The molecule has 1 saturated carbocycles. The first kappa shape index (κ1) is 28.1. The van der Waals surface area contributed by atoms with Crippen LogP contribution in [0.5, 0.6) is 11.5 Å². The van der Waals surface area contributed by atoms with E-state index in [1.807, 2.05) is 32.0 Å². The van der Waals surface area contributed by atoms with E-state index in [1.165, 1.54) is 4.90 Å². The highest BCUT2D eigenvalue weighted by Crippen LogP contribution is 2.34. The van der Waals surface area contributed by atoms with Crippen LogP contribution in [0.1, 0.15) is 51.0 Å². The van der Waals surface area contributed by atoms with E-state index in [2.05, 4.69) is 4.74 Å². The quantitative estimate of drug-likeness (QED) is 0.350. The number of hydrogen-bond acceptors (Lipinski definition) is 4. The van der Waals surface area contributed by atoms with E-state index in [9.17, 15) is 31.4 Å². The molecule has 0 aromatic heterocycles. The van der Waals surface area contributed by atoms with Gasteiger partial charge in [0.1, 0.15) is 11.5 Å². The molecule has 1 N–H and O–H groups in total. The summed E-state index contributed by atoms with van der Waals surface area (Å²) >= 11 is 0. The maximum atomic E-state index is 13.2. The molecule has 10 heteroatoms. The molecule has 0 amide bonds. The Morgan fingerprint density at radius 3 is 2.11 bits per heavy atom. The second-order valence-corrected chi connectivity index (χ2v) is 9.50. The Morgan fingerprint density at radius 2 is 1.53 bits per heavy atom. The fourth-order valence-electron chi connectivity index (χ4n) is 4.35. The van der Waals surface area contributed by atoms with Gasteiger partial charge in [0.15, 0.2) is 6.10 Å². The van der Waals surface area contributed by atoms with Crippen molar-refractivity contribution in [3.05, 3.63) is 54.1 Å². The average Bonchev–Trinajstić information content (AvgIpc) is 2.78. The van der Waals surface area contributed by atoms with Gasteiger partial charge >= 0.3 is 12.5 Å². The van der Waals surface area contributed by atoms with Gasteiger partial charge in [-0.05, 0) is 67.3 Å². The van der Waals surface area contributed by atoms with Crippen LogP contribution in [0.15, 0.2) is 48.5 Å². The van der Waals surface area contributed by atoms with Gasteiger partial charge in [-0.1, -0.05) is 32.0 Å². The van der Waals surface area contributed by atoms with Crippen LogP contribution in [0.2, 0.25) is 0 Å². The minimum atomic E-state index is -4.80. The van der Waals surface area contributed by atoms with Crippen molar-refractivity contribution in [2.45, 2.75) is 70.2 Å². The predicted octanol–water partition coefficient (Wildman–Crippen LogP) is 7.43. The molecule has 0 radical (unpaired) electrons. The monoisotopic (exact) mass is 519 g/mol. The number of anilines is 1. The van der Waals surface area contributed by atoms with Gasteiger partial charge < -0.3 is 14.7 Å². The van der Waals surface area contributed by atoms with Gasteiger partial charge in [0.05, 0.1) is 12.6 Å². The summed E-state index contributed by atoms with van der Waals surface area (Å²) in [4.78, 5) is 1.42. The largest absolute Gasteiger partial charge is 0.522 e. The lowest BCUT2D eigenvalue weighted by Gasteiger charge is -2.35. The van der Waals surface area contributed by atoms with Crippen LogP contribution in [0.4, 0.5) is 32.0 Å². The Morgan fingerprint density at radius 1 is 0.917 bits per heavy atom. The molecule has 0 bridgehead atoms. The topological polar surface area (TPSA) is 41.9 Å². The zero-order valence-corrected chi connectivity index (χ0v) is 20.1. The summed E-state index contributed by atoms with van der Waals surface area (Å²) < 4.78 is 87.0. The first-order chi connectivity index (χ1) is 16.8. The molecule has 0 aliphatic heterocycles. The summed E-state index contributed by atoms with van der Waals surface area (Å²) in [6.07, 6.45) is -12.0. The van der Waals surface area contributed by atoms with E-state index in [0.717, 1.165) is 5.56 Å². The Hall–Kier alpha value is -2.46. The van der Waals surface area contributed by atoms with Gasteiger partial charge in [-0.2, -0.15) is 13.2 Å². The van der Waals surface area contributed by atoms with Gasteiger partial charge in [0.2, 0.25) is 0 Å². The third kappa shape index (κ3) is 8.58. The van der Waals surface area contributed by atoms with Crippen LogP contribution in [0, 0.1) is 5.92 Å². The Bertz CT molecular complexity index is 971. The summed E-state index contributed by atoms with van der Waals surface area (Å²) in [7, 11) is 0. The second kappa shape index (κ2) is 11.7. The van der Waals surface area contributed by atoms with Crippen LogP contribution in [0.3, 0.4) is 0 Å². The zero-order chi connectivity index (χ0) is 26.5. The molecule has 1 aliphatic carbocycles. The molecule has 36 heavy (non-hydrogen) atoms. The number of ether oxygens (including phenoxy) is 2. The lowest BCUT2D eigenvalue weighted by molar-refractivity contribution is -0.345. The van der Waals surface area contributed by atoms with E-state index in [1.54, 1.807) is 30.3 Å². The molecule has 1 aliphatic rings. The van der Waals surface area contributed by atoms with Crippen molar-refractivity contribution in [1.82, 2.24) is 0 Å². The first-order valence-corrected chi connectivity index (χ1v) is 11.9. The molecule has 3 rings (SSSR count). The van der Waals surface area contributed by atoms with Crippen LogP contribution in [-0.2, 0) is 4.74 Å². The molecule has 2 aromatic carbocycles. The zero-order valence-electron chi connectivity index (χ0n) is 20.1. The first-order valence-electron chi connectivity index (χ1n) is 11.9. The molecule has 0 spiro atoms. The second-order valence-electron chi connectivity index (χ2n) is 9.50. The normalized spacial score (nSPS) is 19.8. The number of halogens is 6. The lowest BCUT2D eigenvalue weighted by atomic mass is 9.87. The standard InChI is InChI=1S/C26H31F6NO3/c1-17(2)19-5-3-7-22(13-19)35-23-8-4-6-20(14-23)33(16-24(34)25(27,28)29)15-18-9-11-21(12-10-18)36-26(30,31)32/h3-8,13-14,17-18,21,24,34H,9-12,15-16H2,1-2H3. The molecule has 0 heterocycles. The molecule has 0 saturated heterocycles. The third-order valence-corrected chi connectivity index (χ3v) is 6.29. The maximum Gasteiger partial charge on any atom is 0.522 e. The van der Waals surface area contributed by atoms with Crippen LogP contribution in [0.25, 0.3) is 0 Å². The van der Waals surface area contributed by atoms with E-state index in [-0.39, 0.29) is 31.2 Å².